The number of anilines is 2. The maximum atomic E-state index is 12.7. The van der Waals surface area contributed by atoms with Gasteiger partial charge < -0.3 is 16.4 Å². The molecule has 3 aliphatic carbocycles. The summed E-state index contributed by atoms with van der Waals surface area (Å²) in [7, 11) is 0. The van der Waals surface area contributed by atoms with E-state index >= 15 is 0 Å². The van der Waals surface area contributed by atoms with Gasteiger partial charge in [-0.05, 0) is 62.1 Å². The van der Waals surface area contributed by atoms with Gasteiger partial charge in [-0.2, -0.15) is 0 Å². The number of hydrogen-bond donors (Lipinski definition) is 3. The molecular weight excluding hydrogens is 362 g/mol. The Hall–Kier alpha value is -1.59. The van der Waals surface area contributed by atoms with E-state index in [9.17, 15) is 9.59 Å². The maximum absolute atomic E-state index is 12.7. The summed E-state index contributed by atoms with van der Waals surface area (Å²) in [6, 6.07) is 7.44. The van der Waals surface area contributed by atoms with Crippen LogP contribution in [0, 0.1) is 23.7 Å². The van der Waals surface area contributed by atoms with E-state index in [0.29, 0.717) is 11.8 Å². The minimum Gasteiger partial charge on any atom is -0.327 e. The van der Waals surface area contributed by atoms with E-state index in [-0.39, 0.29) is 42.1 Å². The Morgan fingerprint density at radius 2 is 1.52 bits per heavy atom. The molecule has 4 atom stereocenters. The first-order chi connectivity index (χ1) is 12.6. The van der Waals surface area contributed by atoms with Crippen molar-refractivity contribution in [3.63, 3.8) is 0 Å². The summed E-state index contributed by atoms with van der Waals surface area (Å²) < 4.78 is 0. The molecule has 3 aliphatic rings. The molecule has 4 unspecified atom stereocenters. The lowest BCUT2D eigenvalue weighted by molar-refractivity contribution is -0.122. The zero-order chi connectivity index (χ0) is 18.1. The van der Waals surface area contributed by atoms with Crippen LogP contribution >= 0.6 is 12.4 Å². The number of carbonyl (C=O) groups excluding carboxylic acids is 2. The molecule has 4 rings (SSSR count). The molecule has 148 valence electrons. The number of hydrogen-bond acceptors (Lipinski definition) is 3. The lowest BCUT2D eigenvalue weighted by atomic mass is 9.84. The van der Waals surface area contributed by atoms with Crippen LogP contribution in [0.25, 0.3) is 0 Å². The van der Waals surface area contributed by atoms with Crippen molar-refractivity contribution < 1.29 is 9.59 Å². The minimum atomic E-state index is -0.0748. The van der Waals surface area contributed by atoms with Gasteiger partial charge in [-0.25, -0.2) is 0 Å². The highest BCUT2D eigenvalue weighted by atomic mass is 35.5. The SMILES string of the molecule is Cl.NC1C2CCC(C2)C1C(=O)Nc1cccc(NC(=O)C2CCCCC2)c1. The first-order valence-corrected chi connectivity index (χ1v) is 10.1. The average Bonchev–Trinajstić information content (AvgIpc) is 3.24. The Bertz CT molecular complexity index is 688. The molecule has 0 heterocycles. The second-order valence-corrected chi connectivity index (χ2v) is 8.33. The molecule has 27 heavy (non-hydrogen) atoms. The fraction of sp³-hybridized carbons (Fsp3) is 0.619. The van der Waals surface area contributed by atoms with Crippen LogP contribution in [0.15, 0.2) is 24.3 Å². The lowest BCUT2D eigenvalue weighted by Crippen LogP contribution is -2.42. The quantitative estimate of drug-likeness (QED) is 0.726. The number of rotatable bonds is 4. The molecule has 1 aromatic carbocycles. The summed E-state index contributed by atoms with van der Waals surface area (Å²) in [4.78, 5) is 25.1. The van der Waals surface area contributed by atoms with Crippen LogP contribution in [0.5, 0.6) is 0 Å². The Morgan fingerprint density at radius 3 is 2.15 bits per heavy atom. The van der Waals surface area contributed by atoms with Crippen LogP contribution in [0.1, 0.15) is 51.4 Å². The van der Waals surface area contributed by atoms with Crippen molar-refractivity contribution in [3.8, 4) is 0 Å². The number of fused-ring (bicyclic) bond motifs is 2. The van der Waals surface area contributed by atoms with Gasteiger partial charge in [0.25, 0.3) is 0 Å². The summed E-state index contributed by atoms with van der Waals surface area (Å²) in [5.41, 5.74) is 7.75. The van der Waals surface area contributed by atoms with E-state index in [1.807, 2.05) is 24.3 Å². The predicted octanol–water partition coefficient (Wildman–Crippen LogP) is 3.94. The van der Waals surface area contributed by atoms with Crippen LogP contribution in [0.4, 0.5) is 11.4 Å². The van der Waals surface area contributed by atoms with Gasteiger partial charge in [0.05, 0.1) is 5.92 Å². The highest BCUT2D eigenvalue weighted by Gasteiger charge is 2.49. The van der Waals surface area contributed by atoms with Crippen LogP contribution in [-0.4, -0.2) is 17.9 Å². The number of nitrogens with two attached hydrogens (primary N) is 1. The molecule has 0 radical (unpaired) electrons. The zero-order valence-corrected chi connectivity index (χ0v) is 16.5. The van der Waals surface area contributed by atoms with Gasteiger partial charge >= 0.3 is 0 Å². The van der Waals surface area contributed by atoms with Crippen molar-refractivity contribution in [1.29, 1.82) is 0 Å². The zero-order valence-electron chi connectivity index (χ0n) is 15.7. The monoisotopic (exact) mass is 391 g/mol. The summed E-state index contributed by atoms with van der Waals surface area (Å²) in [5.74, 6) is 1.12. The van der Waals surface area contributed by atoms with Gasteiger partial charge in [-0.1, -0.05) is 25.3 Å². The predicted molar refractivity (Wildman–Crippen MR) is 110 cm³/mol. The molecule has 3 saturated carbocycles. The number of carbonyl (C=O) groups is 2. The molecule has 0 spiro atoms. The fourth-order valence-corrected chi connectivity index (χ4v) is 5.23. The fourth-order valence-electron chi connectivity index (χ4n) is 5.23. The molecule has 1 aromatic rings. The summed E-state index contributed by atoms with van der Waals surface area (Å²) >= 11 is 0. The van der Waals surface area contributed by atoms with E-state index < -0.39 is 0 Å². The molecule has 2 amide bonds. The Labute approximate surface area is 167 Å². The van der Waals surface area contributed by atoms with Gasteiger partial charge in [0.1, 0.15) is 0 Å². The van der Waals surface area contributed by atoms with Gasteiger partial charge in [0, 0.05) is 23.3 Å². The van der Waals surface area contributed by atoms with Crippen LogP contribution < -0.4 is 16.4 Å². The van der Waals surface area contributed by atoms with Gasteiger partial charge in [0.2, 0.25) is 11.8 Å². The maximum Gasteiger partial charge on any atom is 0.229 e. The van der Waals surface area contributed by atoms with Crippen molar-refractivity contribution in [1.82, 2.24) is 0 Å². The second-order valence-electron chi connectivity index (χ2n) is 8.33. The third-order valence-corrected chi connectivity index (χ3v) is 6.66. The first kappa shape index (κ1) is 20.2. The molecule has 4 N–H and O–H groups in total. The summed E-state index contributed by atoms with van der Waals surface area (Å²) in [5, 5.41) is 6.04. The molecule has 2 bridgehead atoms. The standard InChI is InChI=1S/C21H29N3O2.ClH/c22-19-15-10-9-14(11-15)18(19)21(26)24-17-8-4-7-16(12-17)23-20(25)13-5-2-1-3-6-13;/h4,7-8,12-15,18-19H,1-3,5-6,9-11,22H2,(H,23,25)(H,24,26);1H. The Morgan fingerprint density at radius 1 is 0.889 bits per heavy atom. The number of halogens is 1. The number of nitrogens with one attached hydrogen (secondary N) is 2. The third-order valence-electron chi connectivity index (χ3n) is 6.66. The van der Waals surface area contributed by atoms with Crippen LogP contribution in [0.3, 0.4) is 0 Å². The van der Waals surface area contributed by atoms with Crippen molar-refractivity contribution in [2.24, 2.45) is 29.4 Å². The number of benzene rings is 1. The average molecular weight is 392 g/mol. The van der Waals surface area contributed by atoms with Gasteiger partial charge in [-0.15, -0.1) is 12.4 Å². The van der Waals surface area contributed by atoms with Crippen molar-refractivity contribution in [2.45, 2.75) is 57.4 Å². The Kier molecular flexibility index (Phi) is 6.43. The largest absolute Gasteiger partial charge is 0.327 e. The summed E-state index contributed by atoms with van der Waals surface area (Å²) in [6.07, 6.45) is 8.84. The topological polar surface area (TPSA) is 84.2 Å². The molecular formula is C21H30ClN3O2. The van der Waals surface area contributed by atoms with E-state index in [4.69, 9.17) is 5.73 Å². The van der Waals surface area contributed by atoms with Crippen molar-refractivity contribution in [3.05, 3.63) is 24.3 Å². The summed E-state index contributed by atoms with van der Waals surface area (Å²) in [6.45, 7) is 0. The molecule has 6 heteroatoms. The smallest absolute Gasteiger partial charge is 0.229 e. The first-order valence-electron chi connectivity index (χ1n) is 10.1. The van der Waals surface area contributed by atoms with E-state index in [1.54, 1.807) is 0 Å². The molecule has 0 aromatic heterocycles. The van der Waals surface area contributed by atoms with Crippen molar-refractivity contribution in [2.75, 3.05) is 10.6 Å². The van der Waals surface area contributed by atoms with Crippen LogP contribution in [0.2, 0.25) is 0 Å². The lowest BCUT2D eigenvalue weighted by Gasteiger charge is -2.27. The van der Waals surface area contributed by atoms with E-state index in [2.05, 4.69) is 10.6 Å². The van der Waals surface area contributed by atoms with Gasteiger partial charge in [0.15, 0.2) is 0 Å². The highest BCUT2D eigenvalue weighted by Crippen LogP contribution is 2.47. The highest BCUT2D eigenvalue weighted by molar-refractivity contribution is 5.96. The third kappa shape index (κ3) is 4.30. The van der Waals surface area contributed by atoms with E-state index in [1.165, 1.54) is 6.42 Å². The van der Waals surface area contributed by atoms with Crippen LogP contribution in [-0.2, 0) is 9.59 Å². The number of amides is 2. The molecule has 0 aliphatic heterocycles. The van der Waals surface area contributed by atoms with Crippen molar-refractivity contribution >= 4 is 35.6 Å². The normalized spacial score (nSPS) is 29.8. The molecule has 3 fully saturated rings. The van der Waals surface area contributed by atoms with Gasteiger partial charge in [-0.3, -0.25) is 9.59 Å². The molecule has 0 saturated heterocycles. The minimum absolute atomic E-state index is 0. The van der Waals surface area contributed by atoms with E-state index in [0.717, 1.165) is 56.3 Å². The second kappa shape index (κ2) is 8.61. The molecule has 5 nitrogen and oxygen atoms in total. The Balaban J connectivity index is 0.00000210.